The molecule has 7 heteroatoms. The number of hydrogen-bond acceptors (Lipinski definition) is 3. The molecule has 0 amide bonds. The van der Waals surface area contributed by atoms with Gasteiger partial charge in [-0.2, -0.15) is 0 Å². The number of guanidine groups is 1. The van der Waals surface area contributed by atoms with Gasteiger partial charge in [-0.25, -0.2) is 4.39 Å². The second-order valence-electron chi connectivity index (χ2n) is 5.21. The molecule has 0 aliphatic carbocycles. The van der Waals surface area contributed by atoms with Gasteiger partial charge in [0.15, 0.2) is 11.8 Å². The van der Waals surface area contributed by atoms with Crippen molar-refractivity contribution in [3.05, 3.63) is 47.3 Å². The van der Waals surface area contributed by atoms with Crippen LogP contribution < -0.4 is 10.6 Å². The van der Waals surface area contributed by atoms with Crippen molar-refractivity contribution in [2.75, 3.05) is 13.6 Å². The molecule has 0 bridgehead atoms. The highest BCUT2D eigenvalue weighted by molar-refractivity contribution is 5.79. The predicted molar refractivity (Wildman–Crippen MR) is 88.7 cm³/mol. The van der Waals surface area contributed by atoms with E-state index in [4.69, 9.17) is 0 Å². The summed E-state index contributed by atoms with van der Waals surface area (Å²) in [6.45, 7) is 6.07. The third-order valence-electron chi connectivity index (χ3n) is 3.67. The molecule has 0 aliphatic heterocycles. The van der Waals surface area contributed by atoms with Crippen molar-refractivity contribution in [1.29, 1.82) is 0 Å². The molecular weight excluding hydrogens is 295 g/mol. The van der Waals surface area contributed by atoms with Gasteiger partial charge in [0, 0.05) is 20.1 Å². The van der Waals surface area contributed by atoms with E-state index in [1.807, 2.05) is 24.5 Å². The van der Waals surface area contributed by atoms with Gasteiger partial charge in [-0.15, -0.1) is 10.2 Å². The minimum Gasteiger partial charge on any atom is -0.356 e. The van der Waals surface area contributed by atoms with Crippen molar-refractivity contribution in [1.82, 2.24) is 25.4 Å². The molecule has 0 saturated carbocycles. The summed E-state index contributed by atoms with van der Waals surface area (Å²) < 4.78 is 15.1. The fourth-order valence-electron chi connectivity index (χ4n) is 2.32. The Labute approximate surface area is 135 Å². The second-order valence-corrected chi connectivity index (χ2v) is 5.21. The molecule has 23 heavy (non-hydrogen) atoms. The number of aliphatic imine (C=N–C) groups is 1. The van der Waals surface area contributed by atoms with Gasteiger partial charge in [0.05, 0.1) is 6.54 Å². The van der Waals surface area contributed by atoms with Crippen LogP contribution >= 0.6 is 0 Å². The topological polar surface area (TPSA) is 67.1 Å². The zero-order chi connectivity index (χ0) is 16.7. The SMILES string of the molecule is CCn1cnnc1CNC(=NC)NCCc1ccc(F)cc1C. The number of rotatable bonds is 6. The molecular formula is C16H23FN6. The van der Waals surface area contributed by atoms with Crippen molar-refractivity contribution in [2.24, 2.45) is 4.99 Å². The van der Waals surface area contributed by atoms with Crippen molar-refractivity contribution < 1.29 is 4.39 Å². The van der Waals surface area contributed by atoms with Gasteiger partial charge in [0.25, 0.3) is 0 Å². The molecule has 1 heterocycles. The first kappa shape index (κ1) is 16.9. The minimum atomic E-state index is -0.197. The van der Waals surface area contributed by atoms with E-state index >= 15 is 0 Å². The Morgan fingerprint density at radius 1 is 1.35 bits per heavy atom. The van der Waals surface area contributed by atoms with Crippen LogP contribution in [0.5, 0.6) is 0 Å². The lowest BCUT2D eigenvalue weighted by Crippen LogP contribution is -2.38. The van der Waals surface area contributed by atoms with Gasteiger partial charge in [-0.3, -0.25) is 4.99 Å². The van der Waals surface area contributed by atoms with Crippen LogP contribution in [-0.4, -0.2) is 34.3 Å². The summed E-state index contributed by atoms with van der Waals surface area (Å²) >= 11 is 0. The molecule has 124 valence electrons. The van der Waals surface area contributed by atoms with E-state index in [0.29, 0.717) is 19.0 Å². The smallest absolute Gasteiger partial charge is 0.191 e. The quantitative estimate of drug-likeness (QED) is 0.628. The monoisotopic (exact) mass is 318 g/mol. The Morgan fingerprint density at radius 3 is 2.87 bits per heavy atom. The highest BCUT2D eigenvalue weighted by Gasteiger charge is 2.05. The number of hydrogen-bond donors (Lipinski definition) is 2. The highest BCUT2D eigenvalue weighted by Crippen LogP contribution is 2.10. The first-order chi connectivity index (χ1) is 11.1. The summed E-state index contributed by atoms with van der Waals surface area (Å²) in [7, 11) is 1.73. The average Bonchev–Trinajstić information content (AvgIpc) is 3.00. The lowest BCUT2D eigenvalue weighted by atomic mass is 10.1. The van der Waals surface area contributed by atoms with E-state index in [2.05, 4.69) is 25.8 Å². The minimum absolute atomic E-state index is 0.197. The van der Waals surface area contributed by atoms with Crippen LogP contribution in [0, 0.1) is 12.7 Å². The third kappa shape index (κ3) is 4.77. The Balaban J connectivity index is 1.81. The van der Waals surface area contributed by atoms with Gasteiger partial charge in [-0.05, 0) is 43.5 Å². The number of aromatic nitrogens is 3. The van der Waals surface area contributed by atoms with Crippen molar-refractivity contribution in [3.8, 4) is 0 Å². The summed E-state index contributed by atoms with van der Waals surface area (Å²) in [6, 6.07) is 4.87. The second kappa shape index (κ2) is 8.26. The van der Waals surface area contributed by atoms with E-state index in [1.165, 1.54) is 6.07 Å². The van der Waals surface area contributed by atoms with Crippen LogP contribution in [0.15, 0.2) is 29.5 Å². The van der Waals surface area contributed by atoms with E-state index < -0.39 is 0 Å². The van der Waals surface area contributed by atoms with E-state index in [9.17, 15) is 4.39 Å². The summed E-state index contributed by atoms with van der Waals surface area (Å²) in [4.78, 5) is 4.19. The maximum atomic E-state index is 13.1. The normalized spacial score (nSPS) is 11.6. The lowest BCUT2D eigenvalue weighted by Gasteiger charge is -2.12. The highest BCUT2D eigenvalue weighted by atomic mass is 19.1. The summed E-state index contributed by atoms with van der Waals surface area (Å²) in [5.41, 5.74) is 2.09. The molecule has 0 unspecified atom stereocenters. The number of nitrogens with one attached hydrogen (secondary N) is 2. The number of nitrogens with zero attached hydrogens (tertiary/aromatic N) is 4. The molecule has 0 atom stereocenters. The molecule has 2 N–H and O–H groups in total. The van der Waals surface area contributed by atoms with Gasteiger partial charge < -0.3 is 15.2 Å². The largest absolute Gasteiger partial charge is 0.356 e. The van der Waals surface area contributed by atoms with Crippen molar-refractivity contribution >= 4 is 5.96 Å². The van der Waals surface area contributed by atoms with Gasteiger partial charge in [0.2, 0.25) is 0 Å². The third-order valence-corrected chi connectivity index (χ3v) is 3.67. The van der Waals surface area contributed by atoms with Gasteiger partial charge in [-0.1, -0.05) is 6.07 Å². The average molecular weight is 318 g/mol. The summed E-state index contributed by atoms with van der Waals surface area (Å²) in [5, 5.41) is 14.4. The fraction of sp³-hybridized carbons (Fsp3) is 0.438. The Hall–Kier alpha value is -2.44. The molecule has 0 spiro atoms. The van der Waals surface area contributed by atoms with Crippen LogP contribution in [0.1, 0.15) is 23.9 Å². The zero-order valence-electron chi connectivity index (χ0n) is 13.8. The lowest BCUT2D eigenvalue weighted by molar-refractivity contribution is 0.625. The van der Waals surface area contributed by atoms with Crippen LogP contribution in [0.4, 0.5) is 4.39 Å². The molecule has 0 radical (unpaired) electrons. The number of benzene rings is 1. The maximum Gasteiger partial charge on any atom is 0.191 e. The first-order valence-corrected chi connectivity index (χ1v) is 7.70. The van der Waals surface area contributed by atoms with E-state index in [0.717, 1.165) is 29.9 Å². The number of aryl methyl sites for hydroxylation is 2. The predicted octanol–water partition coefficient (Wildman–Crippen LogP) is 1.65. The fourth-order valence-corrected chi connectivity index (χ4v) is 2.32. The van der Waals surface area contributed by atoms with Crippen LogP contribution in [0.2, 0.25) is 0 Å². The standard InChI is InChI=1S/C16H23FN6/c1-4-23-11-21-22-15(23)10-20-16(18-3)19-8-7-13-5-6-14(17)9-12(13)2/h5-6,9,11H,4,7-8,10H2,1-3H3,(H2,18,19,20). The first-order valence-electron chi connectivity index (χ1n) is 7.70. The maximum absolute atomic E-state index is 13.1. The molecule has 2 aromatic rings. The van der Waals surface area contributed by atoms with Crippen LogP contribution in [-0.2, 0) is 19.5 Å². The molecule has 1 aromatic carbocycles. The zero-order valence-corrected chi connectivity index (χ0v) is 13.8. The van der Waals surface area contributed by atoms with Gasteiger partial charge in [0.1, 0.15) is 12.1 Å². The summed E-state index contributed by atoms with van der Waals surface area (Å²) in [5.74, 6) is 1.37. The van der Waals surface area contributed by atoms with Gasteiger partial charge >= 0.3 is 0 Å². The number of halogens is 1. The molecule has 6 nitrogen and oxygen atoms in total. The van der Waals surface area contributed by atoms with Crippen LogP contribution in [0.3, 0.4) is 0 Å². The Kier molecular flexibility index (Phi) is 6.08. The Bertz CT molecular complexity index is 664. The molecule has 0 aliphatic rings. The molecule has 2 rings (SSSR count). The molecule has 1 aromatic heterocycles. The van der Waals surface area contributed by atoms with Crippen molar-refractivity contribution in [2.45, 2.75) is 33.4 Å². The molecule has 0 saturated heterocycles. The van der Waals surface area contributed by atoms with Crippen LogP contribution in [0.25, 0.3) is 0 Å². The molecule has 0 fully saturated rings. The van der Waals surface area contributed by atoms with E-state index in [-0.39, 0.29) is 5.82 Å². The Morgan fingerprint density at radius 2 is 2.17 bits per heavy atom. The van der Waals surface area contributed by atoms with Crippen molar-refractivity contribution in [3.63, 3.8) is 0 Å². The van der Waals surface area contributed by atoms with E-state index in [1.54, 1.807) is 19.4 Å². The summed E-state index contributed by atoms with van der Waals surface area (Å²) in [6.07, 6.45) is 2.52.